The van der Waals surface area contributed by atoms with Crippen LogP contribution in [-0.4, -0.2) is 0 Å². The number of rotatable bonds is 2. The molecule has 3 atom stereocenters. The summed E-state index contributed by atoms with van der Waals surface area (Å²) in [4.78, 5) is 0. The van der Waals surface area contributed by atoms with E-state index in [0.717, 1.165) is 17.4 Å². The Kier molecular flexibility index (Phi) is 3.35. The van der Waals surface area contributed by atoms with Crippen molar-refractivity contribution in [1.82, 2.24) is 0 Å². The topological polar surface area (TPSA) is 0 Å². The van der Waals surface area contributed by atoms with Crippen molar-refractivity contribution in [3.8, 4) is 0 Å². The molecule has 0 nitrogen and oxygen atoms in total. The highest BCUT2D eigenvalue weighted by Gasteiger charge is 2.58. The van der Waals surface area contributed by atoms with Crippen LogP contribution in [0.1, 0.15) is 56.4 Å². The zero-order chi connectivity index (χ0) is 14.8. The Hall–Kier alpha value is 0.0900. The van der Waals surface area contributed by atoms with Gasteiger partial charge in [-0.25, -0.2) is 0 Å². The summed E-state index contributed by atoms with van der Waals surface area (Å²) in [5.74, 6) is 1.78. The first-order chi connectivity index (χ1) is 9.89. The maximum absolute atomic E-state index is 7.01. The van der Waals surface area contributed by atoms with E-state index in [1.54, 1.807) is 0 Å². The molecule has 1 aromatic rings. The Balaban J connectivity index is 1.70. The van der Waals surface area contributed by atoms with Crippen LogP contribution in [0.2, 0.25) is 10.0 Å². The second kappa shape index (κ2) is 4.79. The van der Waals surface area contributed by atoms with Gasteiger partial charge in [0.2, 0.25) is 0 Å². The van der Waals surface area contributed by atoms with Gasteiger partial charge in [-0.15, -0.1) is 11.6 Å². The summed E-state index contributed by atoms with van der Waals surface area (Å²) in [6.07, 6.45) is 8.14. The molecule has 21 heavy (non-hydrogen) atoms. The van der Waals surface area contributed by atoms with Gasteiger partial charge in [-0.05, 0) is 78.9 Å². The molecule has 4 aliphatic rings. The zero-order valence-electron chi connectivity index (χ0n) is 12.3. The molecule has 0 aromatic heterocycles. The van der Waals surface area contributed by atoms with E-state index in [9.17, 15) is 0 Å². The molecule has 0 heterocycles. The van der Waals surface area contributed by atoms with E-state index in [2.05, 4.69) is 13.0 Å². The predicted molar refractivity (Wildman–Crippen MR) is 90.3 cm³/mol. The fraction of sp³-hybridized carbons (Fsp3) is 0.667. The van der Waals surface area contributed by atoms with Gasteiger partial charge in [0.15, 0.2) is 0 Å². The lowest BCUT2D eigenvalue weighted by molar-refractivity contribution is -0.103. The van der Waals surface area contributed by atoms with Crippen molar-refractivity contribution in [1.29, 1.82) is 0 Å². The van der Waals surface area contributed by atoms with Crippen LogP contribution in [0.5, 0.6) is 0 Å². The van der Waals surface area contributed by atoms with Crippen molar-refractivity contribution in [3.63, 3.8) is 0 Å². The lowest BCUT2D eigenvalue weighted by Gasteiger charge is -2.62. The summed E-state index contributed by atoms with van der Waals surface area (Å²) in [6, 6.07) is 5.92. The average Bonchev–Trinajstić information content (AvgIpc) is 2.38. The molecule has 0 saturated heterocycles. The third kappa shape index (κ3) is 2.33. The molecule has 0 radical (unpaired) electrons. The number of hydrogen-bond donors (Lipinski definition) is 0. The van der Waals surface area contributed by atoms with Crippen LogP contribution in [0.4, 0.5) is 0 Å². The largest absolute Gasteiger partial charge is 0.117 e. The van der Waals surface area contributed by atoms with Crippen LogP contribution in [0, 0.1) is 22.7 Å². The first-order valence-electron chi connectivity index (χ1n) is 7.98. The summed E-state index contributed by atoms with van der Waals surface area (Å²) in [6.45, 7) is 2.48. The van der Waals surface area contributed by atoms with Crippen molar-refractivity contribution in [3.05, 3.63) is 33.8 Å². The van der Waals surface area contributed by atoms with Crippen LogP contribution in [0.3, 0.4) is 0 Å². The normalized spacial score (nSPS) is 42.3. The minimum absolute atomic E-state index is 0.0671. The van der Waals surface area contributed by atoms with Gasteiger partial charge in [-0.2, -0.15) is 0 Å². The number of halogens is 3. The lowest BCUT2D eigenvalue weighted by Crippen LogP contribution is -2.52. The number of benzene rings is 1. The van der Waals surface area contributed by atoms with Crippen molar-refractivity contribution >= 4 is 34.8 Å². The van der Waals surface area contributed by atoms with Crippen molar-refractivity contribution < 1.29 is 0 Å². The molecule has 0 spiro atoms. The minimum Gasteiger partial charge on any atom is -0.117 e. The zero-order valence-corrected chi connectivity index (χ0v) is 14.6. The van der Waals surface area contributed by atoms with Gasteiger partial charge >= 0.3 is 0 Å². The summed E-state index contributed by atoms with van der Waals surface area (Å²) < 4.78 is 0. The summed E-state index contributed by atoms with van der Waals surface area (Å²) in [5, 5.41) is 1.30. The maximum Gasteiger partial charge on any atom is 0.0642 e. The first-order valence-corrected chi connectivity index (χ1v) is 9.17. The Labute approximate surface area is 142 Å². The quantitative estimate of drug-likeness (QED) is 0.513. The Morgan fingerprint density at radius 2 is 1.71 bits per heavy atom. The minimum atomic E-state index is 0.0671. The van der Waals surface area contributed by atoms with E-state index in [-0.39, 0.29) is 10.8 Å². The molecule has 0 aliphatic heterocycles. The molecule has 4 saturated carbocycles. The fourth-order valence-electron chi connectivity index (χ4n) is 6.12. The number of hydrogen-bond acceptors (Lipinski definition) is 0. The molecule has 3 heteroatoms. The van der Waals surface area contributed by atoms with Crippen LogP contribution in [0.25, 0.3) is 0 Å². The maximum atomic E-state index is 7.01. The summed E-state index contributed by atoms with van der Waals surface area (Å²) >= 11 is 19.3. The van der Waals surface area contributed by atoms with E-state index in [4.69, 9.17) is 34.8 Å². The monoisotopic (exact) mass is 342 g/mol. The molecule has 0 N–H and O–H groups in total. The highest BCUT2D eigenvalue weighted by molar-refractivity contribution is 6.42. The Bertz CT molecular complexity index is 566. The second-order valence-electron chi connectivity index (χ2n) is 8.17. The molecule has 114 valence electrons. The average molecular weight is 344 g/mol. The molecule has 4 bridgehead atoms. The predicted octanol–water partition coefficient (Wildman–Crippen LogP) is 6.88. The van der Waals surface area contributed by atoms with E-state index < -0.39 is 0 Å². The molecule has 1 aromatic carbocycles. The molecular formula is C18H21Cl3. The molecule has 5 rings (SSSR count). The standard InChI is InChI=1S/C18H21Cl3/c1-17-6-11-4-12(7-17)9-18(8-11,10-17)16(21)13-2-3-14(19)15(20)5-13/h2-3,5,11-12,16H,4,6-10H2,1H3. The second-order valence-corrected chi connectivity index (χ2v) is 9.42. The van der Waals surface area contributed by atoms with Gasteiger partial charge < -0.3 is 0 Å². The van der Waals surface area contributed by atoms with Crippen molar-refractivity contribution in [2.24, 2.45) is 22.7 Å². The van der Waals surface area contributed by atoms with Gasteiger partial charge in [0.25, 0.3) is 0 Å². The van der Waals surface area contributed by atoms with Crippen LogP contribution < -0.4 is 0 Å². The molecule has 3 unspecified atom stereocenters. The lowest BCUT2D eigenvalue weighted by atomic mass is 9.43. The van der Waals surface area contributed by atoms with Gasteiger partial charge in [0, 0.05) is 0 Å². The Morgan fingerprint density at radius 3 is 2.29 bits per heavy atom. The molecule has 0 amide bonds. The highest BCUT2D eigenvalue weighted by Crippen LogP contribution is 2.69. The third-order valence-corrected chi connectivity index (χ3v) is 7.63. The van der Waals surface area contributed by atoms with Crippen LogP contribution in [0.15, 0.2) is 18.2 Å². The summed E-state index contributed by atoms with van der Waals surface area (Å²) in [5.41, 5.74) is 1.95. The van der Waals surface area contributed by atoms with Crippen molar-refractivity contribution in [2.45, 2.75) is 50.8 Å². The van der Waals surface area contributed by atoms with Crippen LogP contribution in [-0.2, 0) is 0 Å². The van der Waals surface area contributed by atoms with Gasteiger partial charge in [-0.1, -0.05) is 36.2 Å². The first kappa shape index (κ1) is 14.7. The highest BCUT2D eigenvalue weighted by atomic mass is 35.5. The van der Waals surface area contributed by atoms with Crippen LogP contribution >= 0.6 is 34.8 Å². The molecule has 4 fully saturated rings. The van der Waals surface area contributed by atoms with Gasteiger partial charge in [-0.3, -0.25) is 0 Å². The van der Waals surface area contributed by atoms with Crippen molar-refractivity contribution in [2.75, 3.05) is 0 Å². The van der Waals surface area contributed by atoms with E-state index in [1.165, 1.54) is 38.5 Å². The smallest absolute Gasteiger partial charge is 0.0642 e. The van der Waals surface area contributed by atoms with E-state index in [1.807, 2.05) is 12.1 Å². The molecular weight excluding hydrogens is 323 g/mol. The summed E-state index contributed by atoms with van der Waals surface area (Å²) in [7, 11) is 0. The van der Waals surface area contributed by atoms with Gasteiger partial charge in [0.05, 0.1) is 15.4 Å². The number of alkyl halides is 1. The Morgan fingerprint density at radius 1 is 1.05 bits per heavy atom. The van der Waals surface area contributed by atoms with E-state index >= 15 is 0 Å². The molecule has 4 aliphatic carbocycles. The van der Waals surface area contributed by atoms with E-state index in [0.29, 0.717) is 15.5 Å². The third-order valence-electron chi connectivity index (χ3n) is 6.17. The van der Waals surface area contributed by atoms with Gasteiger partial charge in [0.1, 0.15) is 0 Å². The SMILES string of the molecule is CC12CC3CC(C1)CC(C(Cl)c1ccc(Cl)c(Cl)c1)(C3)C2. The fourth-order valence-corrected chi connectivity index (χ4v) is 6.82.